The second-order valence-electron chi connectivity index (χ2n) is 3.73. The SMILES string of the molecule is CCOc1n[nH]c(NS(=O)(=O)CC2CC2)n1. The fourth-order valence-electron chi connectivity index (χ4n) is 1.27. The minimum absolute atomic E-state index is 0.101. The zero-order valence-electron chi connectivity index (χ0n) is 8.93. The number of hydrogen-bond donors (Lipinski definition) is 2. The average Bonchev–Trinajstić information content (AvgIpc) is 2.87. The van der Waals surface area contributed by atoms with E-state index in [2.05, 4.69) is 19.9 Å². The first kappa shape index (κ1) is 11.2. The Kier molecular flexibility index (Phi) is 2.99. The molecule has 1 aliphatic rings. The predicted molar refractivity (Wildman–Crippen MR) is 57.7 cm³/mol. The standard InChI is InChI=1S/C8H14N4O3S/c1-2-15-8-9-7(10-11-8)12-16(13,14)5-6-3-4-6/h6H,2-5H2,1H3,(H2,9,10,11,12). The number of rotatable bonds is 6. The van der Waals surface area contributed by atoms with Crippen molar-refractivity contribution >= 4 is 16.0 Å². The summed E-state index contributed by atoms with van der Waals surface area (Å²) in [6.45, 7) is 2.24. The van der Waals surface area contributed by atoms with E-state index < -0.39 is 10.0 Å². The fourth-order valence-corrected chi connectivity index (χ4v) is 2.69. The molecule has 7 nitrogen and oxygen atoms in total. The molecular weight excluding hydrogens is 232 g/mol. The quantitative estimate of drug-likeness (QED) is 0.755. The van der Waals surface area contributed by atoms with Crippen LogP contribution in [0.3, 0.4) is 0 Å². The number of aromatic nitrogens is 3. The van der Waals surface area contributed by atoms with Crippen LogP contribution in [0.4, 0.5) is 5.95 Å². The zero-order chi connectivity index (χ0) is 11.6. The highest BCUT2D eigenvalue weighted by molar-refractivity contribution is 7.92. The smallest absolute Gasteiger partial charge is 0.337 e. The third kappa shape index (κ3) is 3.09. The molecule has 0 bridgehead atoms. The molecule has 2 rings (SSSR count). The molecule has 1 aromatic rings. The van der Waals surface area contributed by atoms with E-state index in [9.17, 15) is 8.42 Å². The predicted octanol–water partition coefficient (Wildman–Crippen LogP) is 0.355. The Morgan fingerprint density at radius 2 is 2.31 bits per heavy atom. The number of anilines is 1. The Hall–Kier alpha value is -1.31. The van der Waals surface area contributed by atoms with Gasteiger partial charge in [0.05, 0.1) is 12.4 Å². The molecule has 0 unspecified atom stereocenters. The number of sulfonamides is 1. The molecule has 0 spiro atoms. The Balaban J connectivity index is 1.96. The lowest BCUT2D eigenvalue weighted by molar-refractivity contribution is 0.314. The van der Waals surface area contributed by atoms with E-state index in [0.717, 1.165) is 12.8 Å². The number of nitrogens with zero attached hydrogens (tertiary/aromatic N) is 2. The second kappa shape index (κ2) is 4.28. The van der Waals surface area contributed by atoms with E-state index >= 15 is 0 Å². The van der Waals surface area contributed by atoms with Gasteiger partial charge in [-0.3, -0.25) is 4.72 Å². The summed E-state index contributed by atoms with van der Waals surface area (Å²) in [7, 11) is -3.31. The summed E-state index contributed by atoms with van der Waals surface area (Å²) in [4.78, 5) is 3.83. The monoisotopic (exact) mass is 246 g/mol. The van der Waals surface area contributed by atoms with Crippen LogP contribution in [-0.2, 0) is 10.0 Å². The molecule has 16 heavy (non-hydrogen) atoms. The minimum atomic E-state index is -3.31. The Morgan fingerprint density at radius 3 is 2.94 bits per heavy atom. The molecule has 1 saturated carbocycles. The van der Waals surface area contributed by atoms with Gasteiger partial charge in [0.1, 0.15) is 0 Å². The molecule has 1 aromatic heterocycles. The van der Waals surface area contributed by atoms with Gasteiger partial charge in [-0.15, -0.1) is 5.10 Å². The third-order valence-corrected chi connectivity index (χ3v) is 3.56. The molecule has 0 atom stereocenters. The summed E-state index contributed by atoms with van der Waals surface area (Å²) in [5.41, 5.74) is 0. The van der Waals surface area contributed by atoms with Crippen LogP contribution in [0.15, 0.2) is 0 Å². The van der Waals surface area contributed by atoms with Gasteiger partial charge in [0.2, 0.25) is 16.0 Å². The highest BCUT2D eigenvalue weighted by Gasteiger charge is 2.28. The number of H-pyrrole nitrogens is 1. The van der Waals surface area contributed by atoms with Crippen LogP contribution in [0, 0.1) is 5.92 Å². The van der Waals surface area contributed by atoms with Gasteiger partial charge < -0.3 is 4.74 Å². The highest BCUT2D eigenvalue weighted by Crippen LogP contribution is 2.30. The molecule has 1 heterocycles. The largest absolute Gasteiger partial charge is 0.463 e. The van der Waals surface area contributed by atoms with Crippen LogP contribution in [0.25, 0.3) is 0 Å². The number of hydrogen-bond acceptors (Lipinski definition) is 5. The van der Waals surface area contributed by atoms with Gasteiger partial charge in [0.15, 0.2) is 0 Å². The Labute approximate surface area is 93.7 Å². The van der Waals surface area contributed by atoms with Gasteiger partial charge >= 0.3 is 6.01 Å². The summed E-state index contributed by atoms with van der Waals surface area (Å²) < 4.78 is 30.5. The normalized spacial score (nSPS) is 16.1. The van der Waals surface area contributed by atoms with Crippen LogP contribution in [0.1, 0.15) is 19.8 Å². The van der Waals surface area contributed by atoms with Gasteiger partial charge in [-0.1, -0.05) is 0 Å². The lowest BCUT2D eigenvalue weighted by Crippen LogP contribution is -2.18. The van der Waals surface area contributed by atoms with Crippen molar-refractivity contribution in [3.05, 3.63) is 0 Å². The molecule has 8 heteroatoms. The molecule has 2 N–H and O–H groups in total. The number of nitrogens with one attached hydrogen (secondary N) is 2. The molecule has 0 aromatic carbocycles. The van der Waals surface area contributed by atoms with Gasteiger partial charge in [0, 0.05) is 0 Å². The first-order valence-electron chi connectivity index (χ1n) is 5.15. The van der Waals surface area contributed by atoms with Crippen molar-refractivity contribution in [2.45, 2.75) is 19.8 Å². The lowest BCUT2D eigenvalue weighted by atomic mass is 10.5. The second-order valence-corrected chi connectivity index (χ2v) is 5.49. The topological polar surface area (TPSA) is 97.0 Å². The van der Waals surface area contributed by atoms with E-state index in [0.29, 0.717) is 12.5 Å². The van der Waals surface area contributed by atoms with E-state index in [4.69, 9.17) is 4.74 Å². The van der Waals surface area contributed by atoms with Gasteiger partial charge in [0.25, 0.3) is 0 Å². The molecule has 0 saturated heterocycles. The number of aromatic amines is 1. The molecule has 90 valence electrons. The highest BCUT2D eigenvalue weighted by atomic mass is 32.2. The van der Waals surface area contributed by atoms with Crippen molar-refractivity contribution in [3.63, 3.8) is 0 Å². The molecule has 0 amide bonds. The fraction of sp³-hybridized carbons (Fsp3) is 0.750. The van der Waals surface area contributed by atoms with E-state index in [-0.39, 0.29) is 17.7 Å². The van der Waals surface area contributed by atoms with E-state index in [1.807, 2.05) is 0 Å². The van der Waals surface area contributed by atoms with E-state index in [1.54, 1.807) is 6.92 Å². The maximum Gasteiger partial charge on any atom is 0.337 e. The van der Waals surface area contributed by atoms with Crippen molar-refractivity contribution in [1.29, 1.82) is 0 Å². The van der Waals surface area contributed by atoms with Crippen LogP contribution >= 0.6 is 0 Å². The van der Waals surface area contributed by atoms with Crippen molar-refractivity contribution < 1.29 is 13.2 Å². The summed E-state index contributed by atoms with van der Waals surface area (Å²) in [5.74, 6) is 0.549. The molecule has 1 aliphatic carbocycles. The minimum Gasteiger partial charge on any atom is -0.463 e. The first-order valence-corrected chi connectivity index (χ1v) is 6.80. The lowest BCUT2D eigenvalue weighted by Gasteiger charge is -2.02. The van der Waals surface area contributed by atoms with Gasteiger partial charge in [-0.25, -0.2) is 13.5 Å². The van der Waals surface area contributed by atoms with Crippen LogP contribution in [-0.4, -0.2) is 36.0 Å². The Bertz CT molecular complexity index is 452. The van der Waals surface area contributed by atoms with E-state index in [1.165, 1.54) is 0 Å². The zero-order valence-corrected chi connectivity index (χ0v) is 9.75. The van der Waals surface area contributed by atoms with Gasteiger partial charge in [-0.2, -0.15) is 4.98 Å². The summed E-state index contributed by atoms with van der Waals surface area (Å²) >= 11 is 0. The van der Waals surface area contributed by atoms with Crippen LogP contribution in [0.2, 0.25) is 0 Å². The van der Waals surface area contributed by atoms with Crippen molar-refractivity contribution in [1.82, 2.24) is 15.2 Å². The molecule has 0 radical (unpaired) electrons. The van der Waals surface area contributed by atoms with Crippen molar-refractivity contribution in [2.75, 3.05) is 17.1 Å². The third-order valence-electron chi connectivity index (χ3n) is 2.14. The summed E-state index contributed by atoms with van der Waals surface area (Å²) in [6.07, 6.45) is 1.98. The van der Waals surface area contributed by atoms with Gasteiger partial charge in [-0.05, 0) is 25.7 Å². The van der Waals surface area contributed by atoms with Crippen molar-refractivity contribution in [2.24, 2.45) is 5.92 Å². The van der Waals surface area contributed by atoms with Crippen LogP contribution < -0.4 is 9.46 Å². The molecule has 1 fully saturated rings. The number of ether oxygens (including phenoxy) is 1. The molecule has 0 aliphatic heterocycles. The van der Waals surface area contributed by atoms with Crippen LogP contribution in [0.5, 0.6) is 6.01 Å². The maximum absolute atomic E-state index is 11.6. The summed E-state index contributed by atoms with van der Waals surface area (Å²) in [6, 6.07) is 0.145. The maximum atomic E-state index is 11.6. The first-order chi connectivity index (χ1) is 7.59. The average molecular weight is 246 g/mol. The molecular formula is C8H14N4O3S. The van der Waals surface area contributed by atoms with Crippen molar-refractivity contribution in [3.8, 4) is 6.01 Å². The summed E-state index contributed by atoms with van der Waals surface area (Å²) in [5, 5.41) is 6.16. The Morgan fingerprint density at radius 1 is 1.56 bits per heavy atom.